The summed E-state index contributed by atoms with van der Waals surface area (Å²) in [6, 6.07) is 5.33. The van der Waals surface area contributed by atoms with Crippen LogP contribution in [0.5, 0.6) is 0 Å². The fourth-order valence-electron chi connectivity index (χ4n) is 2.38. The number of nitro groups is 1. The number of rotatable bonds is 6. The van der Waals surface area contributed by atoms with E-state index in [4.69, 9.17) is 23.2 Å². The van der Waals surface area contributed by atoms with E-state index in [2.05, 4.69) is 10.4 Å². The maximum atomic E-state index is 12.0. The summed E-state index contributed by atoms with van der Waals surface area (Å²) < 4.78 is 1.33. The second kappa shape index (κ2) is 7.63. The first-order chi connectivity index (χ1) is 11.3. The van der Waals surface area contributed by atoms with E-state index >= 15 is 0 Å². The molecule has 9 heteroatoms. The van der Waals surface area contributed by atoms with Gasteiger partial charge in [-0.3, -0.25) is 19.6 Å². The van der Waals surface area contributed by atoms with Gasteiger partial charge in [0.15, 0.2) is 0 Å². The third kappa shape index (κ3) is 4.04. The van der Waals surface area contributed by atoms with Crippen LogP contribution in [0.25, 0.3) is 0 Å². The smallest absolute Gasteiger partial charge is 0.312 e. The summed E-state index contributed by atoms with van der Waals surface area (Å²) in [5, 5.41) is 18.7. The van der Waals surface area contributed by atoms with Crippen molar-refractivity contribution in [3.8, 4) is 0 Å². The number of carbonyl (C=O) groups is 1. The van der Waals surface area contributed by atoms with Crippen LogP contribution in [0.3, 0.4) is 0 Å². The number of carbonyl (C=O) groups excluding carboxylic acids is 1. The molecule has 1 amide bonds. The van der Waals surface area contributed by atoms with Crippen molar-refractivity contribution >= 4 is 34.8 Å². The fourth-order valence-corrected chi connectivity index (χ4v) is 2.79. The van der Waals surface area contributed by atoms with Gasteiger partial charge in [0.25, 0.3) is 0 Å². The molecule has 0 saturated carbocycles. The van der Waals surface area contributed by atoms with E-state index in [1.165, 1.54) is 4.68 Å². The second-order valence-electron chi connectivity index (χ2n) is 5.25. The van der Waals surface area contributed by atoms with Crippen LogP contribution in [-0.4, -0.2) is 27.2 Å². The lowest BCUT2D eigenvalue weighted by Gasteiger charge is -2.08. The quantitative estimate of drug-likeness (QED) is 0.624. The number of nitrogens with one attached hydrogen (secondary N) is 1. The van der Waals surface area contributed by atoms with E-state index in [1.807, 2.05) is 6.07 Å². The highest BCUT2D eigenvalue weighted by Crippen LogP contribution is 2.25. The molecule has 7 nitrogen and oxygen atoms in total. The third-order valence-electron chi connectivity index (χ3n) is 3.57. The average Bonchev–Trinajstić information content (AvgIpc) is 2.77. The van der Waals surface area contributed by atoms with Crippen LogP contribution in [0.2, 0.25) is 10.0 Å². The van der Waals surface area contributed by atoms with Crippen molar-refractivity contribution in [2.24, 2.45) is 0 Å². The monoisotopic (exact) mass is 370 g/mol. The topological polar surface area (TPSA) is 90.1 Å². The standard InChI is InChI=1S/C15H16Cl2N4O3/c1-9-15(21(23)24)10(2)20(19-9)8-13(22)18-7-6-11-4-3-5-12(16)14(11)17/h3-5H,6-8H2,1-2H3,(H,18,22). The van der Waals surface area contributed by atoms with E-state index in [9.17, 15) is 14.9 Å². The molecule has 24 heavy (non-hydrogen) atoms. The molecule has 0 radical (unpaired) electrons. The number of aryl methyl sites for hydroxylation is 1. The van der Waals surface area contributed by atoms with Crippen molar-refractivity contribution in [1.82, 2.24) is 15.1 Å². The summed E-state index contributed by atoms with van der Waals surface area (Å²) in [6.45, 7) is 3.40. The number of aromatic nitrogens is 2. The van der Waals surface area contributed by atoms with Gasteiger partial charge in [-0.25, -0.2) is 0 Å². The molecule has 0 aliphatic heterocycles. The highest BCUT2D eigenvalue weighted by molar-refractivity contribution is 6.42. The Morgan fingerprint density at radius 2 is 2.08 bits per heavy atom. The van der Waals surface area contributed by atoms with E-state index < -0.39 is 4.92 Å². The summed E-state index contributed by atoms with van der Waals surface area (Å²) in [4.78, 5) is 22.5. The number of amides is 1. The number of benzene rings is 1. The maximum absolute atomic E-state index is 12.0. The van der Waals surface area contributed by atoms with Gasteiger partial charge in [-0.15, -0.1) is 0 Å². The Bertz CT molecular complexity index is 789. The molecule has 1 heterocycles. The number of nitrogens with zero attached hydrogens (tertiary/aromatic N) is 3. The molecule has 1 aromatic carbocycles. The largest absolute Gasteiger partial charge is 0.354 e. The predicted molar refractivity (Wildman–Crippen MR) is 91.5 cm³/mol. The Labute approximate surface area is 148 Å². The highest BCUT2D eigenvalue weighted by Gasteiger charge is 2.22. The minimum Gasteiger partial charge on any atom is -0.354 e. The molecule has 2 rings (SSSR count). The van der Waals surface area contributed by atoms with Gasteiger partial charge in [0.05, 0.1) is 15.0 Å². The molecule has 1 aromatic heterocycles. The van der Waals surface area contributed by atoms with Crippen LogP contribution in [0.4, 0.5) is 5.69 Å². The van der Waals surface area contributed by atoms with E-state index in [0.717, 1.165) is 5.56 Å². The zero-order valence-electron chi connectivity index (χ0n) is 13.2. The van der Waals surface area contributed by atoms with Crippen LogP contribution in [0, 0.1) is 24.0 Å². The molecule has 0 spiro atoms. The summed E-state index contributed by atoms with van der Waals surface area (Å²) in [5.74, 6) is -0.284. The minimum atomic E-state index is -0.493. The van der Waals surface area contributed by atoms with Gasteiger partial charge in [0.1, 0.15) is 17.9 Å². The van der Waals surface area contributed by atoms with Gasteiger partial charge in [-0.1, -0.05) is 35.3 Å². The zero-order chi connectivity index (χ0) is 17.9. The lowest BCUT2D eigenvalue weighted by atomic mass is 10.1. The van der Waals surface area contributed by atoms with E-state index in [1.54, 1.807) is 26.0 Å². The Balaban J connectivity index is 1.94. The maximum Gasteiger partial charge on any atom is 0.312 e. The number of hydrogen-bond acceptors (Lipinski definition) is 4. The molecule has 0 aliphatic carbocycles. The van der Waals surface area contributed by atoms with Crippen LogP contribution < -0.4 is 5.32 Å². The summed E-state index contributed by atoms with van der Waals surface area (Å²) in [5.41, 5.74) is 1.42. The van der Waals surface area contributed by atoms with Crippen molar-refractivity contribution in [2.45, 2.75) is 26.8 Å². The highest BCUT2D eigenvalue weighted by atomic mass is 35.5. The van der Waals surface area contributed by atoms with Gasteiger partial charge in [-0.2, -0.15) is 5.10 Å². The molecule has 2 aromatic rings. The zero-order valence-corrected chi connectivity index (χ0v) is 14.7. The molecular formula is C15H16Cl2N4O3. The lowest BCUT2D eigenvalue weighted by Crippen LogP contribution is -2.30. The molecule has 1 N–H and O–H groups in total. The summed E-state index contributed by atoms with van der Waals surface area (Å²) in [6.07, 6.45) is 0.530. The van der Waals surface area contributed by atoms with Crippen LogP contribution >= 0.6 is 23.2 Å². The lowest BCUT2D eigenvalue weighted by molar-refractivity contribution is -0.386. The van der Waals surface area contributed by atoms with E-state index in [-0.39, 0.29) is 23.8 Å². The van der Waals surface area contributed by atoms with Crippen LogP contribution in [0.15, 0.2) is 18.2 Å². The molecule has 0 aliphatic rings. The van der Waals surface area contributed by atoms with Crippen molar-refractivity contribution in [1.29, 1.82) is 0 Å². The first-order valence-electron chi connectivity index (χ1n) is 7.19. The van der Waals surface area contributed by atoms with E-state index in [0.29, 0.717) is 28.7 Å². The van der Waals surface area contributed by atoms with Gasteiger partial charge in [-0.05, 0) is 31.9 Å². The number of hydrogen-bond donors (Lipinski definition) is 1. The van der Waals surface area contributed by atoms with Gasteiger partial charge in [0, 0.05) is 6.54 Å². The minimum absolute atomic E-state index is 0.0616. The first-order valence-corrected chi connectivity index (χ1v) is 7.94. The molecule has 0 fully saturated rings. The Hall–Kier alpha value is -2.12. The summed E-state index contributed by atoms with van der Waals surface area (Å²) in [7, 11) is 0. The SMILES string of the molecule is Cc1nn(CC(=O)NCCc2cccc(Cl)c2Cl)c(C)c1[N+](=O)[O-]. The molecular weight excluding hydrogens is 355 g/mol. The van der Waals surface area contributed by atoms with Crippen LogP contribution in [0.1, 0.15) is 17.0 Å². The number of halogens is 2. The van der Waals surface area contributed by atoms with Gasteiger partial charge in [0.2, 0.25) is 5.91 Å². The van der Waals surface area contributed by atoms with Gasteiger partial charge < -0.3 is 5.32 Å². The normalized spacial score (nSPS) is 10.7. The van der Waals surface area contributed by atoms with Crippen molar-refractivity contribution in [3.63, 3.8) is 0 Å². The van der Waals surface area contributed by atoms with Gasteiger partial charge >= 0.3 is 5.69 Å². The first kappa shape index (κ1) is 18.2. The Morgan fingerprint density at radius 1 is 1.38 bits per heavy atom. The Morgan fingerprint density at radius 3 is 2.71 bits per heavy atom. The van der Waals surface area contributed by atoms with Crippen molar-refractivity contribution in [2.75, 3.05) is 6.54 Å². The predicted octanol–water partition coefficient (Wildman–Crippen LogP) is 3.07. The third-order valence-corrected chi connectivity index (χ3v) is 4.43. The molecule has 0 unspecified atom stereocenters. The Kier molecular flexibility index (Phi) is 5.80. The summed E-state index contributed by atoms with van der Waals surface area (Å²) >= 11 is 12.0. The van der Waals surface area contributed by atoms with Crippen molar-refractivity contribution in [3.05, 3.63) is 55.3 Å². The molecule has 128 valence electrons. The molecule has 0 atom stereocenters. The second-order valence-corrected chi connectivity index (χ2v) is 6.03. The molecule has 0 bridgehead atoms. The van der Waals surface area contributed by atoms with Crippen molar-refractivity contribution < 1.29 is 9.72 Å². The fraction of sp³-hybridized carbons (Fsp3) is 0.333. The van der Waals surface area contributed by atoms with Crippen LogP contribution in [-0.2, 0) is 17.8 Å². The average molecular weight is 371 g/mol. The molecule has 0 saturated heterocycles.